The van der Waals surface area contributed by atoms with E-state index >= 15 is 0 Å². The Bertz CT molecular complexity index is 383. The highest BCUT2D eigenvalue weighted by molar-refractivity contribution is 5.28. The molecule has 0 spiro atoms. The quantitative estimate of drug-likeness (QED) is 0.781. The number of nitriles is 1. The summed E-state index contributed by atoms with van der Waals surface area (Å²) in [7, 11) is 0. The van der Waals surface area contributed by atoms with Gasteiger partial charge in [-0.15, -0.1) is 0 Å². The fourth-order valence-electron chi connectivity index (χ4n) is 1.17. The van der Waals surface area contributed by atoms with Crippen LogP contribution in [0.2, 0.25) is 0 Å². The molecule has 16 heavy (non-hydrogen) atoms. The summed E-state index contributed by atoms with van der Waals surface area (Å²) in [6.07, 6.45) is 0.465. The smallest absolute Gasteiger partial charge is 0.119 e. The normalized spacial score (nSPS) is 13.9. The summed E-state index contributed by atoms with van der Waals surface area (Å²) < 4.78 is 5.44. The number of rotatable bonds is 5. The number of ether oxygens (including phenoxy) is 1. The number of benzene rings is 1. The summed E-state index contributed by atoms with van der Waals surface area (Å²) in [6, 6.07) is 9.20. The van der Waals surface area contributed by atoms with E-state index in [1.165, 1.54) is 0 Å². The van der Waals surface area contributed by atoms with Crippen molar-refractivity contribution in [3.05, 3.63) is 29.8 Å². The van der Waals surface area contributed by atoms with Crippen LogP contribution in [0.25, 0.3) is 0 Å². The Balaban J connectivity index is 2.46. The van der Waals surface area contributed by atoms with Crippen molar-refractivity contribution in [2.75, 3.05) is 6.61 Å². The van der Waals surface area contributed by atoms with E-state index in [0.29, 0.717) is 18.8 Å². The third-order valence-electron chi connectivity index (χ3n) is 2.23. The topological polar surface area (TPSA) is 79.3 Å². The highest BCUT2D eigenvalue weighted by Crippen LogP contribution is 2.14. The van der Waals surface area contributed by atoms with E-state index in [4.69, 9.17) is 20.8 Å². The molecular formula is C12H16N2O2. The first-order valence-corrected chi connectivity index (χ1v) is 5.10. The Morgan fingerprint density at radius 1 is 1.56 bits per heavy atom. The summed E-state index contributed by atoms with van der Waals surface area (Å²) in [4.78, 5) is 0. The lowest BCUT2D eigenvalue weighted by Crippen LogP contribution is -2.35. The molecule has 86 valence electrons. The van der Waals surface area contributed by atoms with Gasteiger partial charge in [0, 0.05) is 6.42 Å². The predicted molar refractivity (Wildman–Crippen MR) is 60.7 cm³/mol. The number of aliphatic hydroxyl groups excluding tert-OH is 1. The molecule has 0 aliphatic carbocycles. The van der Waals surface area contributed by atoms with Gasteiger partial charge in [0.2, 0.25) is 0 Å². The molecular weight excluding hydrogens is 204 g/mol. The molecule has 1 rings (SSSR count). The molecule has 0 saturated carbocycles. The first kappa shape index (κ1) is 12.5. The molecule has 1 unspecified atom stereocenters. The van der Waals surface area contributed by atoms with E-state index < -0.39 is 5.54 Å². The van der Waals surface area contributed by atoms with Crippen molar-refractivity contribution < 1.29 is 9.84 Å². The standard InChI is InChI=1S/C12H16N2O2/c1-12(14,9-13)5-6-16-11-4-2-3-10(7-11)8-15/h2-4,7,15H,5-6,8,14H2,1H3. The molecule has 0 heterocycles. The van der Waals surface area contributed by atoms with Crippen molar-refractivity contribution in [3.63, 3.8) is 0 Å². The first-order chi connectivity index (χ1) is 7.57. The average molecular weight is 220 g/mol. The van der Waals surface area contributed by atoms with Crippen LogP contribution < -0.4 is 10.5 Å². The van der Waals surface area contributed by atoms with Crippen LogP contribution in [0.15, 0.2) is 24.3 Å². The molecule has 0 amide bonds. The molecule has 0 aliphatic rings. The van der Waals surface area contributed by atoms with Gasteiger partial charge in [-0.1, -0.05) is 12.1 Å². The van der Waals surface area contributed by atoms with Crippen LogP contribution in [0.4, 0.5) is 0 Å². The molecule has 0 radical (unpaired) electrons. The predicted octanol–water partition coefficient (Wildman–Crippen LogP) is 1.19. The summed E-state index contributed by atoms with van der Waals surface area (Å²) in [6.45, 7) is 2.04. The Kier molecular flexibility index (Phi) is 4.29. The fourth-order valence-corrected chi connectivity index (χ4v) is 1.17. The lowest BCUT2D eigenvalue weighted by molar-refractivity contribution is 0.274. The van der Waals surface area contributed by atoms with E-state index in [1.54, 1.807) is 19.1 Å². The minimum Gasteiger partial charge on any atom is -0.493 e. The SMILES string of the molecule is CC(N)(C#N)CCOc1cccc(CO)c1. The van der Waals surface area contributed by atoms with Crippen LogP contribution in [0.1, 0.15) is 18.9 Å². The molecule has 0 aliphatic heterocycles. The zero-order valence-corrected chi connectivity index (χ0v) is 9.31. The maximum Gasteiger partial charge on any atom is 0.119 e. The maximum atomic E-state index is 8.94. The van der Waals surface area contributed by atoms with Crippen molar-refractivity contribution in [1.82, 2.24) is 0 Å². The summed E-state index contributed by atoms with van der Waals surface area (Å²) in [5, 5.41) is 17.6. The summed E-state index contributed by atoms with van der Waals surface area (Å²) >= 11 is 0. The molecule has 1 aromatic rings. The summed E-state index contributed by atoms with van der Waals surface area (Å²) in [5.74, 6) is 0.681. The third-order valence-corrected chi connectivity index (χ3v) is 2.23. The van der Waals surface area contributed by atoms with E-state index in [1.807, 2.05) is 18.2 Å². The molecule has 4 nitrogen and oxygen atoms in total. The lowest BCUT2D eigenvalue weighted by atomic mass is 10.0. The van der Waals surface area contributed by atoms with Crippen molar-refractivity contribution in [1.29, 1.82) is 5.26 Å². The molecule has 0 fully saturated rings. The van der Waals surface area contributed by atoms with Crippen LogP contribution in [0.3, 0.4) is 0 Å². The number of nitrogens with two attached hydrogens (primary N) is 1. The zero-order chi connectivity index (χ0) is 12.0. The van der Waals surface area contributed by atoms with Gasteiger partial charge in [-0.05, 0) is 24.6 Å². The number of nitrogens with zero attached hydrogens (tertiary/aromatic N) is 1. The highest BCUT2D eigenvalue weighted by Gasteiger charge is 2.16. The molecule has 0 saturated heterocycles. The minimum atomic E-state index is -0.853. The zero-order valence-electron chi connectivity index (χ0n) is 9.31. The number of aliphatic hydroxyl groups is 1. The van der Waals surface area contributed by atoms with Gasteiger partial charge in [0.1, 0.15) is 11.3 Å². The van der Waals surface area contributed by atoms with E-state index in [9.17, 15) is 0 Å². The number of hydrogen-bond acceptors (Lipinski definition) is 4. The second-order valence-electron chi connectivity index (χ2n) is 3.93. The Hall–Kier alpha value is -1.57. The van der Waals surface area contributed by atoms with Crippen molar-refractivity contribution in [2.45, 2.75) is 25.5 Å². The third kappa shape index (κ3) is 3.89. The van der Waals surface area contributed by atoms with Crippen LogP contribution in [-0.4, -0.2) is 17.3 Å². The molecule has 1 atom stereocenters. The van der Waals surface area contributed by atoms with Crippen LogP contribution in [-0.2, 0) is 6.61 Å². The second-order valence-corrected chi connectivity index (χ2v) is 3.93. The lowest BCUT2D eigenvalue weighted by Gasteiger charge is -2.15. The Labute approximate surface area is 95.3 Å². The van der Waals surface area contributed by atoms with Crippen molar-refractivity contribution in [3.8, 4) is 11.8 Å². The van der Waals surface area contributed by atoms with Crippen molar-refractivity contribution in [2.24, 2.45) is 5.73 Å². The van der Waals surface area contributed by atoms with Gasteiger partial charge in [0.25, 0.3) is 0 Å². The molecule has 1 aromatic carbocycles. The van der Waals surface area contributed by atoms with Gasteiger partial charge < -0.3 is 15.6 Å². The molecule has 3 N–H and O–H groups in total. The molecule has 0 bridgehead atoms. The molecule has 0 aromatic heterocycles. The maximum absolute atomic E-state index is 8.94. The van der Waals surface area contributed by atoms with Gasteiger partial charge in [-0.25, -0.2) is 0 Å². The van der Waals surface area contributed by atoms with Crippen LogP contribution >= 0.6 is 0 Å². The first-order valence-electron chi connectivity index (χ1n) is 5.10. The van der Waals surface area contributed by atoms with Crippen LogP contribution in [0, 0.1) is 11.3 Å². The van der Waals surface area contributed by atoms with E-state index in [0.717, 1.165) is 5.56 Å². The van der Waals surface area contributed by atoms with Gasteiger partial charge in [-0.2, -0.15) is 5.26 Å². The summed E-state index contributed by atoms with van der Waals surface area (Å²) in [5.41, 5.74) is 5.60. The fraction of sp³-hybridized carbons (Fsp3) is 0.417. The highest BCUT2D eigenvalue weighted by atomic mass is 16.5. The van der Waals surface area contributed by atoms with Gasteiger partial charge >= 0.3 is 0 Å². The minimum absolute atomic E-state index is 0.00992. The van der Waals surface area contributed by atoms with Crippen molar-refractivity contribution >= 4 is 0 Å². The monoisotopic (exact) mass is 220 g/mol. The van der Waals surface area contributed by atoms with E-state index in [-0.39, 0.29) is 6.61 Å². The second kappa shape index (κ2) is 5.50. The Morgan fingerprint density at radius 2 is 2.31 bits per heavy atom. The number of hydrogen-bond donors (Lipinski definition) is 2. The van der Waals surface area contributed by atoms with E-state index in [2.05, 4.69) is 0 Å². The van der Waals surface area contributed by atoms with Gasteiger partial charge in [0.15, 0.2) is 0 Å². The van der Waals surface area contributed by atoms with Gasteiger partial charge in [-0.3, -0.25) is 0 Å². The van der Waals surface area contributed by atoms with Gasteiger partial charge in [0.05, 0.1) is 19.3 Å². The molecule has 4 heteroatoms. The largest absolute Gasteiger partial charge is 0.493 e. The van der Waals surface area contributed by atoms with Crippen LogP contribution in [0.5, 0.6) is 5.75 Å². The Morgan fingerprint density at radius 3 is 2.94 bits per heavy atom. The average Bonchev–Trinajstić information content (AvgIpc) is 2.29.